The van der Waals surface area contributed by atoms with Crippen LogP contribution in [0.25, 0.3) is 11.1 Å². The lowest BCUT2D eigenvalue weighted by molar-refractivity contribution is -0.131. The highest BCUT2D eigenvalue weighted by Gasteiger charge is 2.20. The largest absolute Gasteiger partial charge is 0.467 e. The number of likely N-dealkylation sites (N-methyl/N-ethyl adjacent to an activating group) is 1. The Balaban J connectivity index is 1.56. The Kier molecular flexibility index (Phi) is 5.71. The van der Waals surface area contributed by atoms with E-state index in [0.717, 1.165) is 11.1 Å². The molecule has 3 aromatic rings. The molecule has 0 radical (unpaired) electrons. The van der Waals surface area contributed by atoms with Crippen molar-refractivity contribution < 1.29 is 14.0 Å². The summed E-state index contributed by atoms with van der Waals surface area (Å²) in [5, 5.41) is 2.68. The van der Waals surface area contributed by atoms with Gasteiger partial charge >= 0.3 is 0 Å². The maximum absolute atomic E-state index is 12.3. The number of hydrogen-bond donors (Lipinski definition) is 1. The van der Waals surface area contributed by atoms with E-state index in [1.807, 2.05) is 55.5 Å². The van der Waals surface area contributed by atoms with Crippen molar-refractivity contribution in [2.75, 3.05) is 13.6 Å². The van der Waals surface area contributed by atoms with Gasteiger partial charge in [-0.1, -0.05) is 42.5 Å². The maximum atomic E-state index is 12.3. The van der Waals surface area contributed by atoms with Crippen LogP contribution < -0.4 is 5.32 Å². The quantitative estimate of drug-likeness (QED) is 0.723. The molecule has 0 aliphatic heterocycles. The van der Waals surface area contributed by atoms with Gasteiger partial charge in [-0.15, -0.1) is 0 Å². The number of benzene rings is 2. The third-order valence-electron chi connectivity index (χ3n) is 4.58. The first kappa shape index (κ1) is 18.5. The van der Waals surface area contributed by atoms with Gasteiger partial charge in [-0.3, -0.25) is 9.59 Å². The standard InChI is InChI=1S/C22H22N2O3/c1-16(20-9-6-14-27-20)24(2)21(25)15-23-22(26)19-12-10-18(11-13-19)17-7-4-3-5-8-17/h3-14,16H,15H2,1-2H3,(H,23,26). The summed E-state index contributed by atoms with van der Waals surface area (Å²) in [6, 6.07) is 20.7. The van der Waals surface area contributed by atoms with Gasteiger partial charge in [0.15, 0.2) is 0 Å². The molecule has 1 unspecified atom stereocenters. The van der Waals surface area contributed by atoms with Crippen LogP contribution >= 0.6 is 0 Å². The fourth-order valence-corrected chi connectivity index (χ4v) is 2.76. The molecule has 3 rings (SSSR count). The molecule has 0 spiro atoms. The van der Waals surface area contributed by atoms with Crippen molar-refractivity contribution in [2.45, 2.75) is 13.0 Å². The zero-order valence-corrected chi connectivity index (χ0v) is 15.4. The zero-order valence-electron chi connectivity index (χ0n) is 15.4. The molecule has 1 N–H and O–H groups in total. The SMILES string of the molecule is CC(c1ccco1)N(C)C(=O)CNC(=O)c1ccc(-c2ccccc2)cc1. The van der Waals surface area contributed by atoms with Crippen molar-refractivity contribution in [3.8, 4) is 11.1 Å². The van der Waals surface area contributed by atoms with Gasteiger partial charge in [0.1, 0.15) is 5.76 Å². The first-order valence-corrected chi connectivity index (χ1v) is 8.79. The Bertz CT molecular complexity index is 887. The first-order chi connectivity index (χ1) is 13.1. The molecular weight excluding hydrogens is 340 g/mol. The number of nitrogens with zero attached hydrogens (tertiary/aromatic N) is 1. The summed E-state index contributed by atoms with van der Waals surface area (Å²) in [5.74, 6) is 0.240. The molecule has 0 aliphatic carbocycles. The average molecular weight is 362 g/mol. The fourth-order valence-electron chi connectivity index (χ4n) is 2.76. The highest BCUT2D eigenvalue weighted by atomic mass is 16.3. The number of hydrogen-bond acceptors (Lipinski definition) is 3. The van der Waals surface area contributed by atoms with Crippen LogP contribution in [0.2, 0.25) is 0 Å². The normalized spacial score (nSPS) is 11.6. The molecule has 138 valence electrons. The van der Waals surface area contributed by atoms with E-state index in [2.05, 4.69) is 5.32 Å². The van der Waals surface area contributed by atoms with Crippen molar-refractivity contribution in [3.05, 3.63) is 84.3 Å². The van der Waals surface area contributed by atoms with Gasteiger partial charge in [0.2, 0.25) is 5.91 Å². The van der Waals surface area contributed by atoms with Gasteiger partial charge in [-0.05, 0) is 42.3 Å². The topological polar surface area (TPSA) is 62.6 Å². The molecular formula is C22H22N2O3. The molecule has 1 heterocycles. The smallest absolute Gasteiger partial charge is 0.251 e. The first-order valence-electron chi connectivity index (χ1n) is 8.79. The predicted octanol–water partition coefficient (Wildman–Crippen LogP) is 3.90. The van der Waals surface area contributed by atoms with Crippen LogP contribution in [-0.2, 0) is 4.79 Å². The van der Waals surface area contributed by atoms with Crippen LogP contribution in [0, 0.1) is 0 Å². The van der Waals surface area contributed by atoms with Gasteiger partial charge in [0, 0.05) is 12.6 Å². The second-order valence-electron chi connectivity index (χ2n) is 6.32. The minimum Gasteiger partial charge on any atom is -0.467 e. The molecule has 27 heavy (non-hydrogen) atoms. The third kappa shape index (κ3) is 4.44. The second kappa shape index (κ2) is 8.36. The minimum absolute atomic E-state index is 0.0686. The van der Waals surface area contributed by atoms with Crippen LogP contribution in [0.4, 0.5) is 0 Å². The van der Waals surface area contributed by atoms with Crippen LogP contribution in [0.1, 0.15) is 29.1 Å². The van der Waals surface area contributed by atoms with E-state index in [1.165, 1.54) is 0 Å². The Labute approximate surface area is 158 Å². The number of carbonyl (C=O) groups is 2. The minimum atomic E-state index is -0.276. The highest BCUT2D eigenvalue weighted by Crippen LogP contribution is 2.20. The summed E-state index contributed by atoms with van der Waals surface area (Å²) in [6.45, 7) is 1.81. The van der Waals surface area contributed by atoms with Crippen LogP contribution in [0.5, 0.6) is 0 Å². The monoisotopic (exact) mass is 362 g/mol. The Morgan fingerprint density at radius 1 is 0.963 bits per heavy atom. The van der Waals surface area contributed by atoms with Crippen molar-refractivity contribution in [3.63, 3.8) is 0 Å². The summed E-state index contributed by atoms with van der Waals surface area (Å²) >= 11 is 0. The van der Waals surface area contributed by atoms with Crippen molar-refractivity contribution in [1.29, 1.82) is 0 Å². The van der Waals surface area contributed by atoms with Crippen molar-refractivity contribution >= 4 is 11.8 Å². The van der Waals surface area contributed by atoms with Gasteiger partial charge < -0.3 is 14.6 Å². The molecule has 0 saturated carbocycles. The van der Waals surface area contributed by atoms with Gasteiger partial charge in [0.25, 0.3) is 5.91 Å². The number of nitrogens with one attached hydrogen (secondary N) is 1. The van der Waals surface area contributed by atoms with Crippen molar-refractivity contribution in [1.82, 2.24) is 10.2 Å². The summed E-state index contributed by atoms with van der Waals surface area (Å²) in [7, 11) is 1.69. The lowest BCUT2D eigenvalue weighted by Crippen LogP contribution is -2.39. The molecule has 1 atom stereocenters. The van der Waals surface area contributed by atoms with E-state index >= 15 is 0 Å². The van der Waals surface area contributed by atoms with Crippen LogP contribution in [0.3, 0.4) is 0 Å². The van der Waals surface area contributed by atoms with E-state index in [0.29, 0.717) is 11.3 Å². The Morgan fingerprint density at radius 2 is 1.63 bits per heavy atom. The summed E-state index contributed by atoms with van der Waals surface area (Å²) in [5.41, 5.74) is 2.65. The molecule has 0 saturated heterocycles. The van der Waals surface area contributed by atoms with Crippen LogP contribution in [0.15, 0.2) is 77.4 Å². The molecule has 1 aromatic heterocycles. The van der Waals surface area contributed by atoms with Gasteiger partial charge in [-0.2, -0.15) is 0 Å². The highest BCUT2D eigenvalue weighted by molar-refractivity contribution is 5.96. The number of furan rings is 1. The summed E-state index contributed by atoms with van der Waals surface area (Å²) in [4.78, 5) is 26.2. The summed E-state index contributed by atoms with van der Waals surface area (Å²) in [6.07, 6.45) is 1.57. The molecule has 0 aliphatic rings. The van der Waals surface area contributed by atoms with Crippen LogP contribution in [-0.4, -0.2) is 30.3 Å². The van der Waals surface area contributed by atoms with E-state index in [1.54, 1.807) is 36.4 Å². The molecule has 0 fully saturated rings. The fraction of sp³-hybridized carbons (Fsp3) is 0.182. The lowest BCUT2D eigenvalue weighted by atomic mass is 10.0. The van der Waals surface area contributed by atoms with E-state index in [9.17, 15) is 9.59 Å². The Morgan fingerprint density at radius 3 is 2.26 bits per heavy atom. The molecule has 2 aromatic carbocycles. The lowest BCUT2D eigenvalue weighted by Gasteiger charge is -2.23. The molecule has 5 nitrogen and oxygen atoms in total. The number of amides is 2. The number of rotatable bonds is 6. The Hall–Kier alpha value is -3.34. The van der Waals surface area contributed by atoms with Gasteiger partial charge in [0.05, 0.1) is 18.8 Å². The van der Waals surface area contributed by atoms with E-state index in [-0.39, 0.29) is 24.4 Å². The predicted molar refractivity (Wildman–Crippen MR) is 104 cm³/mol. The van der Waals surface area contributed by atoms with E-state index < -0.39 is 0 Å². The maximum Gasteiger partial charge on any atom is 0.251 e. The number of carbonyl (C=O) groups excluding carboxylic acids is 2. The van der Waals surface area contributed by atoms with Crippen molar-refractivity contribution in [2.24, 2.45) is 0 Å². The average Bonchev–Trinajstić information content (AvgIpc) is 3.26. The molecule has 0 bridgehead atoms. The van der Waals surface area contributed by atoms with E-state index in [4.69, 9.17) is 4.42 Å². The summed E-state index contributed by atoms with van der Waals surface area (Å²) < 4.78 is 5.33. The second-order valence-corrected chi connectivity index (χ2v) is 6.32. The third-order valence-corrected chi connectivity index (χ3v) is 4.58. The zero-order chi connectivity index (χ0) is 19.2. The molecule has 2 amide bonds. The molecule has 5 heteroatoms. The van der Waals surface area contributed by atoms with Gasteiger partial charge in [-0.25, -0.2) is 0 Å².